The van der Waals surface area contributed by atoms with E-state index >= 15 is 0 Å². The summed E-state index contributed by atoms with van der Waals surface area (Å²) in [6, 6.07) is 3.76. The van der Waals surface area contributed by atoms with Gasteiger partial charge in [-0.2, -0.15) is 0 Å². The molecule has 0 bridgehead atoms. The van der Waals surface area contributed by atoms with Gasteiger partial charge in [0.25, 0.3) is 5.69 Å². The van der Waals surface area contributed by atoms with Crippen LogP contribution in [0.4, 0.5) is 11.4 Å². The number of hydrogen-bond acceptors (Lipinski definition) is 5. The minimum atomic E-state index is -0.667. The van der Waals surface area contributed by atoms with E-state index in [0.717, 1.165) is 0 Å². The number of ether oxygens (including phenoxy) is 1. The van der Waals surface area contributed by atoms with Crippen LogP contribution in [0.5, 0.6) is 5.75 Å². The monoisotopic (exact) mass is 226 g/mol. The van der Waals surface area contributed by atoms with E-state index in [2.05, 4.69) is 5.32 Å². The van der Waals surface area contributed by atoms with E-state index in [0.29, 0.717) is 0 Å². The predicted octanol–water partition coefficient (Wildman–Crippen LogP) is 0.534. The van der Waals surface area contributed by atoms with Crippen LogP contribution in [0.2, 0.25) is 0 Å². The van der Waals surface area contributed by atoms with Crippen molar-refractivity contribution in [3.8, 4) is 5.75 Å². The van der Waals surface area contributed by atoms with Crippen molar-refractivity contribution in [3.05, 3.63) is 28.3 Å². The highest BCUT2D eigenvalue weighted by atomic mass is 16.6. The Morgan fingerprint density at radius 2 is 2.31 bits per heavy atom. The molecule has 0 spiro atoms. The smallest absolute Gasteiger partial charge is 0.273 e. The maximum absolute atomic E-state index is 10.9. The molecule has 0 unspecified atom stereocenters. The Balaban J connectivity index is 3.02. The first kappa shape index (κ1) is 11.9. The molecule has 0 aliphatic rings. The summed E-state index contributed by atoms with van der Waals surface area (Å²) in [5, 5.41) is 21.4. The average Bonchev–Trinajstić information content (AvgIpc) is 2.29. The molecule has 0 saturated heterocycles. The number of aliphatic hydroxyl groups is 1. The molecule has 0 aromatic heterocycles. The van der Waals surface area contributed by atoms with Crippen LogP contribution in [0.3, 0.4) is 0 Å². The average molecular weight is 226 g/mol. The van der Waals surface area contributed by atoms with Gasteiger partial charge in [0.2, 0.25) is 5.91 Å². The third-order valence-electron chi connectivity index (χ3n) is 1.81. The zero-order valence-electron chi connectivity index (χ0n) is 8.47. The number of carbonyl (C=O) groups excluding carboxylic acids is 1. The number of methoxy groups -OCH3 is 1. The van der Waals surface area contributed by atoms with Crippen LogP contribution >= 0.6 is 0 Å². The highest BCUT2D eigenvalue weighted by Crippen LogP contribution is 2.28. The second-order valence-electron chi connectivity index (χ2n) is 2.85. The van der Waals surface area contributed by atoms with E-state index in [-0.39, 0.29) is 17.1 Å². The summed E-state index contributed by atoms with van der Waals surface area (Å²) in [4.78, 5) is 20.8. The van der Waals surface area contributed by atoms with Crippen LogP contribution in [0.15, 0.2) is 18.2 Å². The number of nitro benzene ring substituents is 1. The lowest BCUT2D eigenvalue weighted by atomic mass is 10.2. The van der Waals surface area contributed by atoms with E-state index < -0.39 is 17.4 Å². The van der Waals surface area contributed by atoms with Crippen LogP contribution in [0, 0.1) is 10.1 Å². The topological polar surface area (TPSA) is 102 Å². The molecule has 0 saturated carbocycles. The van der Waals surface area contributed by atoms with Crippen molar-refractivity contribution < 1.29 is 19.6 Å². The molecule has 0 radical (unpaired) electrons. The number of carbonyl (C=O) groups is 1. The molecule has 7 nitrogen and oxygen atoms in total. The number of hydrogen-bond donors (Lipinski definition) is 2. The third kappa shape index (κ3) is 2.67. The van der Waals surface area contributed by atoms with Gasteiger partial charge in [-0.1, -0.05) is 0 Å². The van der Waals surface area contributed by atoms with Gasteiger partial charge in [0.1, 0.15) is 12.4 Å². The summed E-state index contributed by atoms with van der Waals surface area (Å²) in [5.74, 6) is -0.455. The number of rotatable bonds is 4. The molecule has 0 fully saturated rings. The van der Waals surface area contributed by atoms with Gasteiger partial charge < -0.3 is 15.2 Å². The molecular formula is C9H10N2O5. The fourth-order valence-corrected chi connectivity index (χ4v) is 1.09. The number of nitrogens with zero attached hydrogens (tertiary/aromatic N) is 1. The number of benzene rings is 1. The summed E-state index contributed by atoms with van der Waals surface area (Å²) in [7, 11) is 1.33. The van der Waals surface area contributed by atoms with Gasteiger partial charge in [-0.25, -0.2) is 0 Å². The number of nitrogens with one attached hydrogen (secondary N) is 1. The van der Waals surface area contributed by atoms with Crippen molar-refractivity contribution in [1.29, 1.82) is 0 Å². The van der Waals surface area contributed by atoms with Crippen molar-refractivity contribution in [2.45, 2.75) is 0 Å². The molecular weight excluding hydrogens is 216 g/mol. The zero-order chi connectivity index (χ0) is 12.1. The van der Waals surface area contributed by atoms with E-state index in [1.807, 2.05) is 0 Å². The van der Waals surface area contributed by atoms with Gasteiger partial charge in [-0.15, -0.1) is 0 Å². The summed E-state index contributed by atoms with van der Waals surface area (Å²) >= 11 is 0. The summed E-state index contributed by atoms with van der Waals surface area (Å²) in [6.45, 7) is -0.667. The van der Waals surface area contributed by atoms with Crippen LogP contribution < -0.4 is 10.1 Å². The fourth-order valence-electron chi connectivity index (χ4n) is 1.09. The molecule has 86 valence electrons. The molecule has 1 aromatic rings. The number of non-ortho nitro benzene ring substituents is 1. The normalized spacial score (nSPS) is 9.62. The standard InChI is InChI=1S/C9H10N2O5/c1-16-8-4-6(11(14)15)2-3-7(8)10-9(13)5-12/h2-4,12H,5H2,1H3,(H,10,13). The molecule has 16 heavy (non-hydrogen) atoms. The minimum absolute atomic E-state index is 0.140. The van der Waals surface area contributed by atoms with Gasteiger partial charge in [-0.05, 0) is 6.07 Å². The Labute approximate surface area is 90.8 Å². The van der Waals surface area contributed by atoms with Crippen molar-refractivity contribution in [1.82, 2.24) is 0 Å². The van der Waals surface area contributed by atoms with Gasteiger partial charge in [0, 0.05) is 6.07 Å². The molecule has 0 atom stereocenters. The Morgan fingerprint density at radius 1 is 1.62 bits per heavy atom. The Bertz CT molecular complexity index is 418. The summed E-state index contributed by atoms with van der Waals surface area (Å²) in [6.07, 6.45) is 0. The molecule has 1 aromatic carbocycles. The van der Waals surface area contributed by atoms with Gasteiger partial charge in [0.05, 0.1) is 23.8 Å². The number of anilines is 1. The third-order valence-corrected chi connectivity index (χ3v) is 1.81. The molecule has 0 aliphatic carbocycles. The lowest BCUT2D eigenvalue weighted by Crippen LogP contribution is -2.16. The Hall–Kier alpha value is -2.15. The second kappa shape index (κ2) is 5.08. The first-order chi connectivity index (χ1) is 7.58. The quantitative estimate of drug-likeness (QED) is 0.576. The van der Waals surface area contributed by atoms with Crippen LogP contribution in [0.25, 0.3) is 0 Å². The van der Waals surface area contributed by atoms with Crippen LogP contribution in [0.1, 0.15) is 0 Å². The van der Waals surface area contributed by atoms with E-state index in [9.17, 15) is 14.9 Å². The summed E-state index contributed by atoms with van der Waals surface area (Å²) in [5.41, 5.74) is 0.131. The van der Waals surface area contributed by atoms with Crippen molar-refractivity contribution >= 4 is 17.3 Å². The van der Waals surface area contributed by atoms with Crippen LogP contribution in [-0.2, 0) is 4.79 Å². The number of amides is 1. The number of nitro groups is 1. The lowest BCUT2D eigenvalue weighted by molar-refractivity contribution is -0.384. The maximum Gasteiger partial charge on any atom is 0.273 e. The van der Waals surface area contributed by atoms with E-state index in [4.69, 9.17) is 9.84 Å². The first-order valence-corrected chi connectivity index (χ1v) is 4.31. The van der Waals surface area contributed by atoms with Gasteiger partial charge in [-0.3, -0.25) is 14.9 Å². The van der Waals surface area contributed by atoms with Crippen molar-refractivity contribution in [3.63, 3.8) is 0 Å². The van der Waals surface area contributed by atoms with E-state index in [1.165, 1.54) is 25.3 Å². The Kier molecular flexibility index (Phi) is 3.78. The van der Waals surface area contributed by atoms with Gasteiger partial charge in [0.15, 0.2) is 0 Å². The lowest BCUT2D eigenvalue weighted by Gasteiger charge is -2.08. The Morgan fingerprint density at radius 3 is 2.81 bits per heavy atom. The zero-order valence-corrected chi connectivity index (χ0v) is 8.47. The van der Waals surface area contributed by atoms with E-state index in [1.54, 1.807) is 0 Å². The largest absolute Gasteiger partial charge is 0.494 e. The SMILES string of the molecule is COc1cc([N+](=O)[O-])ccc1NC(=O)CO. The molecule has 0 heterocycles. The molecule has 1 rings (SSSR count). The van der Waals surface area contributed by atoms with Crippen molar-refractivity contribution in [2.24, 2.45) is 0 Å². The van der Waals surface area contributed by atoms with Gasteiger partial charge >= 0.3 is 0 Å². The number of aliphatic hydroxyl groups excluding tert-OH is 1. The highest BCUT2D eigenvalue weighted by Gasteiger charge is 2.12. The first-order valence-electron chi connectivity index (χ1n) is 4.31. The second-order valence-corrected chi connectivity index (χ2v) is 2.85. The predicted molar refractivity (Wildman–Crippen MR) is 55.4 cm³/mol. The minimum Gasteiger partial charge on any atom is -0.494 e. The fraction of sp³-hybridized carbons (Fsp3) is 0.222. The summed E-state index contributed by atoms with van der Waals surface area (Å²) < 4.78 is 4.88. The molecule has 7 heteroatoms. The van der Waals surface area contributed by atoms with Crippen molar-refractivity contribution in [2.75, 3.05) is 19.0 Å². The maximum atomic E-state index is 10.9. The molecule has 1 amide bonds. The highest BCUT2D eigenvalue weighted by molar-refractivity contribution is 5.93. The van der Waals surface area contributed by atoms with Crippen LogP contribution in [-0.4, -0.2) is 29.7 Å². The molecule has 2 N–H and O–H groups in total. The molecule has 0 aliphatic heterocycles.